The van der Waals surface area contributed by atoms with Gasteiger partial charge in [-0.1, -0.05) is 6.92 Å². The van der Waals surface area contributed by atoms with E-state index in [0.29, 0.717) is 62.8 Å². The lowest BCUT2D eigenvalue weighted by molar-refractivity contribution is 0.0925. The van der Waals surface area contributed by atoms with Gasteiger partial charge in [0.05, 0.1) is 53.0 Å². The van der Waals surface area contributed by atoms with E-state index < -0.39 is 14.6 Å². The molecule has 1 atom stereocenters. The van der Waals surface area contributed by atoms with Crippen LogP contribution in [0.3, 0.4) is 0 Å². The van der Waals surface area contributed by atoms with Crippen molar-refractivity contribution in [1.29, 1.82) is 0 Å². The fraction of sp³-hybridized carbons (Fsp3) is 0.538. The molecular formula is C26H35N5O4S. The van der Waals surface area contributed by atoms with E-state index in [4.69, 9.17) is 14.7 Å². The molecule has 5 rings (SSSR count). The third-order valence-corrected chi connectivity index (χ3v) is 9.86. The largest absolute Gasteiger partial charge is 0.390 e. The van der Waals surface area contributed by atoms with Gasteiger partial charge in [0, 0.05) is 18.5 Å². The predicted molar refractivity (Wildman–Crippen MR) is 141 cm³/mol. The van der Waals surface area contributed by atoms with Gasteiger partial charge in [-0.3, -0.25) is 0 Å². The zero-order valence-corrected chi connectivity index (χ0v) is 22.0. The first-order valence-corrected chi connectivity index (χ1v) is 14.5. The van der Waals surface area contributed by atoms with E-state index in [1.807, 2.05) is 37.4 Å². The van der Waals surface area contributed by atoms with Crippen molar-refractivity contribution in [2.45, 2.75) is 43.6 Å². The molecule has 0 amide bonds. The van der Waals surface area contributed by atoms with Crippen LogP contribution in [0.2, 0.25) is 0 Å². The van der Waals surface area contributed by atoms with Gasteiger partial charge in [0.1, 0.15) is 5.82 Å². The summed E-state index contributed by atoms with van der Waals surface area (Å²) >= 11 is 0. The van der Waals surface area contributed by atoms with E-state index in [2.05, 4.69) is 21.7 Å². The van der Waals surface area contributed by atoms with Crippen LogP contribution in [0.4, 0.5) is 5.82 Å². The Morgan fingerprint density at radius 1 is 1.14 bits per heavy atom. The number of likely N-dealkylation sites (tertiary alicyclic amines) is 1. The molecule has 0 saturated carbocycles. The summed E-state index contributed by atoms with van der Waals surface area (Å²) in [6.07, 6.45) is 3.34. The molecule has 2 N–H and O–H groups in total. The number of sulfone groups is 1. The number of hydrogen-bond acceptors (Lipinski definition) is 8. The van der Waals surface area contributed by atoms with Crippen molar-refractivity contribution >= 4 is 26.7 Å². The molecule has 3 aromatic rings. The van der Waals surface area contributed by atoms with Crippen molar-refractivity contribution in [3.05, 3.63) is 41.6 Å². The summed E-state index contributed by atoms with van der Waals surface area (Å²) in [7, 11) is -1.38. The molecule has 194 valence electrons. The van der Waals surface area contributed by atoms with E-state index in [0.717, 1.165) is 28.8 Å². The van der Waals surface area contributed by atoms with E-state index >= 15 is 0 Å². The fourth-order valence-electron chi connectivity index (χ4n) is 5.50. The van der Waals surface area contributed by atoms with Crippen molar-refractivity contribution in [3.63, 3.8) is 0 Å². The van der Waals surface area contributed by atoms with Crippen molar-refractivity contribution in [2.75, 3.05) is 51.1 Å². The van der Waals surface area contributed by atoms with Crippen LogP contribution < -0.4 is 4.90 Å². The summed E-state index contributed by atoms with van der Waals surface area (Å²) in [5.41, 5.74) is 4.37. The van der Waals surface area contributed by atoms with Gasteiger partial charge in [-0.15, -0.1) is 0 Å². The third kappa shape index (κ3) is 4.51. The minimum atomic E-state index is -3.42. The van der Waals surface area contributed by atoms with E-state index in [-0.39, 0.29) is 12.6 Å². The van der Waals surface area contributed by atoms with Gasteiger partial charge in [-0.25, -0.2) is 18.4 Å². The summed E-state index contributed by atoms with van der Waals surface area (Å²) in [5, 5.41) is 9.51. The average Bonchev–Trinajstić information content (AvgIpc) is 3.31. The van der Waals surface area contributed by atoms with Crippen LogP contribution in [-0.4, -0.2) is 85.6 Å². The van der Waals surface area contributed by atoms with Crippen molar-refractivity contribution in [1.82, 2.24) is 19.9 Å². The molecule has 10 heteroatoms. The number of aliphatic hydroxyl groups excluding tert-OH is 1. The van der Waals surface area contributed by atoms with Crippen molar-refractivity contribution < 1.29 is 18.3 Å². The minimum absolute atomic E-state index is 0.0929. The number of nitrogens with zero attached hydrogens (tertiary/aromatic N) is 4. The Kier molecular flexibility index (Phi) is 6.80. The van der Waals surface area contributed by atoms with Gasteiger partial charge in [-0.2, -0.15) is 0 Å². The number of anilines is 1. The maximum Gasteiger partial charge on any atom is 0.157 e. The topological polar surface area (TPSA) is 112 Å². The highest BCUT2D eigenvalue weighted by Gasteiger charge is 2.45. The van der Waals surface area contributed by atoms with Crippen LogP contribution in [0.5, 0.6) is 0 Å². The maximum absolute atomic E-state index is 13.4. The molecule has 36 heavy (non-hydrogen) atoms. The molecule has 0 aromatic carbocycles. The second-order valence-corrected chi connectivity index (χ2v) is 12.4. The molecule has 9 nitrogen and oxygen atoms in total. The SMILES string of the molecule is CCC1COCCN1c1cc(C2(S(C)(=O)=O)CCN(C)CC2)cc(-c2ccc3[nH]c(CO)cc3n2)n1. The highest BCUT2D eigenvalue weighted by atomic mass is 32.2. The molecule has 1 unspecified atom stereocenters. The predicted octanol–water partition coefficient (Wildman–Crippen LogP) is 2.70. The Hall–Kier alpha value is -2.53. The number of aromatic nitrogens is 3. The zero-order chi connectivity index (χ0) is 25.5. The standard InChI is InChI=1S/C26H35N5O4S/c1-4-20-17-35-12-11-31(20)25-14-18(26(36(3,33)34)7-9-30(2)10-8-26)13-23(29-25)22-6-5-21-24(28-22)15-19(16-32)27-21/h5-6,13-15,20,27,32H,4,7-12,16-17H2,1-3H3. The number of nitrogens with one attached hydrogen (secondary N) is 1. The summed E-state index contributed by atoms with van der Waals surface area (Å²) in [6.45, 7) is 5.40. The van der Waals surface area contributed by atoms with E-state index in [1.54, 1.807) is 0 Å². The van der Waals surface area contributed by atoms with Crippen molar-refractivity contribution in [2.24, 2.45) is 0 Å². The number of hydrogen-bond donors (Lipinski definition) is 2. The fourth-order valence-corrected chi connectivity index (χ4v) is 6.97. The molecule has 5 heterocycles. The Balaban J connectivity index is 1.69. The van der Waals surface area contributed by atoms with Gasteiger partial charge in [0.15, 0.2) is 9.84 Å². The van der Waals surface area contributed by atoms with Crippen molar-refractivity contribution in [3.8, 4) is 11.4 Å². The molecule has 2 saturated heterocycles. The van der Waals surface area contributed by atoms with Gasteiger partial charge in [0.25, 0.3) is 0 Å². The number of ether oxygens (including phenoxy) is 1. The van der Waals surface area contributed by atoms with Crippen LogP contribution in [0.25, 0.3) is 22.4 Å². The number of fused-ring (bicyclic) bond motifs is 1. The third-order valence-electron chi connectivity index (χ3n) is 7.80. The summed E-state index contributed by atoms with van der Waals surface area (Å²) in [6, 6.07) is 9.74. The number of aliphatic hydroxyl groups is 1. The summed E-state index contributed by atoms with van der Waals surface area (Å²) in [4.78, 5) is 17.4. The summed E-state index contributed by atoms with van der Waals surface area (Å²) in [5.74, 6) is 0.770. The maximum atomic E-state index is 13.4. The molecular weight excluding hydrogens is 478 g/mol. The number of H-pyrrole nitrogens is 1. The van der Waals surface area contributed by atoms with Gasteiger partial charge >= 0.3 is 0 Å². The average molecular weight is 514 g/mol. The molecule has 2 fully saturated rings. The van der Waals surface area contributed by atoms with Gasteiger partial charge in [0.2, 0.25) is 0 Å². The number of aromatic amines is 1. The highest BCUT2D eigenvalue weighted by molar-refractivity contribution is 7.91. The highest BCUT2D eigenvalue weighted by Crippen LogP contribution is 2.42. The van der Waals surface area contributed by atoms with E-state index in [9.17, 15) is 13.5 Å². The number of rotatable bonds is 6. The van der Waals surface area contributed by atoms with Crippen LogP contribution in [-0.2, 0) is 25.9 Å². The Bertz CT molecular complexity index is 1350. The molecule has 0 bridgehead atoms. The lowest BCUT2D eigenvalue weighted by Gasteiger charge is -2.41. The second kappa shape index (κ2) is 9.74. The van der Waals surface area contributed by atoms with Crippen LogP contribution in [0, 0.1) is 0 Å². The van der Waals surface area contributed by atoms with Gasteiger partial charge < -0.3 is 24.6 Å². The zero-order valence-electron chi connectivity index (χ0n) is 21.2. The minimum Gasteiger partial charge on any atom is -0.390 e. The lowest BCUT2D eigenvalue weighted by Crippen LogP contribution is -2.47. The van der Waals surface area contributed by atoms with Crippen LogP contribution in [0.15, 0.2) is 30.3 Å². The first-order chi connectivity index (χ1) is 17.2. The monoisotopic (exact) mass is 513 g/mol. The van der Waals surface area contributed by atoms with Crippen LogP contribution in [0.1, 0.15) is 37.4 Å². The number of piperidine rings is 1. The normalized spacial score (nSPS) is 21.2. The Labute approximate surface area is 212 Å². The Morgan fingerprint density at radius 2 is 1.92 bits per heavy atom. The summed E-state index contributed by atoms with van der Waals surface area (Å²) < 4.78 is 31.5. The number of pyridine rings is 2. The molecule has 0 spiro atoms. The van der Waals surface area contributed by atoms with E-state index in [1.165, 1.54) is 6.26 Å². The first-order valence-electron chi connectivity index (χ1n) is 12.6. The molecule has 2 aliphatic heterocycles. The molecule has 2 aliphatic rings. The quantitative estimate of drug-likeness (QED) is 0.518. The smallest absolute Gasteiger partial charge is 0.157 e. The first kappa shape index (κ1) is 25.1. The van der Waals surface area contributed by atoms with Crippen LogP contribution >= 0.6 is 0 Å². The lowest BCUT2D eigenvalue weighted by atomic mass is 9.88. The van der Waals surface area contributed by atoms with Gasteiger partial charge in [-0.05, 0) is 75.3 Å². The molecule has 0 radical (unpaired) electrons. The Morgan fingerprint density at radius 3 is 2.61 bits per heavy atom. The molecule has 3 aromatic heterocycles. The number of morpholine rings is 1. The second-order valence-electron chi connectivity index (χ2n) is 10.1. The molecule has 0 aliphatic carbocycles.